The number of nitrogens with one attached hydrogen (secondary N) is 2. The first-order valence-electron chi connectivity index (χ1n) is 9.94. The molecule has 0 fully saturated rings. The highest BCUT2D eigenvalue weighted by atomic mass is 32.1. The average molecular weight is 449 g/mol. The van der Waals surface area contributed by atoms with Crippen LogP contribution in [0.5, 0.6) is 0 Å². The molecule has 0 unspecified atom stereocenters. The third-order valence-electron chi connectivity index (χ3n) is 4.94. The lowest BCUT2D eigenvalue weighted by atomic mass is 10.2. The van der Waals surface area contributed by atoms with E-state index < -0.39 is 11.7 Å². The molecule has 162 valence electrons. The number of carbonyl (C=O) groups excluding carboxylic acids is 2. The standard InChI is InChI=1S/C24H21FN4O2S/c1-15-12-21(28-23(30)18-4-3-5-19(25)13-18)32-22(15)24(31)27-20-8-6-17(7-9-20)14-29-11-10-26-16(29)2/h3-13H,14H2,1-2H3,(H,27,31)(H,28,30). The quantitative estimate of drug-likeness (QED) is 0.423. The smallest absolute Gasteiger partial charge is 0.266 e. The van der Waals surface area contributed by atoms with Crippen molar-refractivity contribution in [3.63, 3.8) is 0 Å². The summed E-state index contributed by atoms with van der Waals surface area (Å²) in [5.41, 5.74) is 2.74. The van der Waals surface area contributed by atoms with E-state index in [0.29, 0.717) is 22.1 Å². The minimum Gasteiger partial charge on any atom is -0.331 e. The van der Waals surface area contributed by atoms with Gasteiger partial charge in [-0.1, -0.05) is 18.2 Å². The lowest BCUT2D eigenvalue weighted by molar-refractivity contribution is 0.101. The molecule has 0 aliphatic rings. The number of carbonyl (C=O) groups is 2. The van der Waals surface area contributed by atoms with Crippen molar-refractivity contribution in [1.29, 1.82) is 0 Å². The fourth-order valence-corrected chi connectivity index (χ4v) is 4.19. The van der Waals surface area contributed by atoms with Gasteiger partial charge in [-0.2, -0.15) is 0 Å². The van der Waals surface area contributed by atoms with Crippen LogP contribution in [0.15, 0.2) is 67.0 Å². The maximum atomic E-state index is 13.3. The van der Waals surface area contributed by atoms with Crippen molar-refractivity contribution in [2.45, 2.75) is 20.4 Å². The largest absolute Gasteiger partial charge is 0.331 e. The van der Waals surface area contributed by atoms with E-state index >= 15 is 0 Å². The van der Waals surface area contributed by atoms with Gasteiger partial charge in [0, 0.05) is 30.2 Å². The zero-order chi connectivity index (χ0) is 22.7. The summed E-state index contributed by atoms with van der Waals surface area (Å²) in [7, 11) is 0. The van der Waals surface area contributed by atoms with Crippen molar-refractivity contribution in [2.75, 3.05) is 10.6 Å². The van der Waals surface area contributed by atoms with Crippen LogP contribution in [0.1, 0.15) is 37.0 Å². The summed E-state index contributed by atoms with van der Waals surface area (Å²) in [6, 6.07) is 14.8. The number of thiophene rings is 1. The third-order valence-corrected chi connectivity index (χ3v) is 6.09. The number of imidazole rings is 1. The van der Waals surface area contributed by atoms with Gasteiger partial charge in [0.05, 0.1) is 9.88 Å². The second kappa shape index (κ2) is 9.15. The molecule has 0 aliphatic heterocycles. The second-order valence-electron chi connectivity index (χ2n) is 7.34. The predicted molar refractivity (Wildman–Crippen MR) is 124 cm³/mol. The molecule has 2 heterocycles. The second-order valence-corrected chi connectivity index (χ2v) is 8.39. The first-order valence-corrected chi connectivity index (χ1v) is 10.8. The molecule has 0 spiro atoms. The van der Waals surface area contributed by atoms with Gasteiger partial charge in [0.25, 0.3) is 11.8 Å². The number of hydrogen-bond acceptors (Lipinski definition) is 4. The molecule has 0 aliphatic carbocycles. The van der Waals surface area contributed by atoms with E-state index in [1.165, 1.54) is 35.6 Å². The van der Waals surface area contributed by atoms with Crippen molar-refractivity contribution >= 4 is 33.8 Å². The average Bonchev–Trinajstić information content (AvgIpc) is 3.34. The molecule has 0 saturated heterocycles. The summed E-state index contributed by atoms with van der Waals surface area (Å²) < 4.78 is 15.4. The molecule has 2 aromatic carbocycles. The zero-order valence-electron chi connectivity index (χ0n) is 17.6. The normalized spacial score (nSPS) is 10.7. The number of rotatable bonds is 6. The lowest BCUT2D eigenvalue weighted by Gasteiger charge is -2.08. The highest BCUT2D eigenvalue weighted by Gasteiger charge is 2.16. The Morgan fingerprint density at radius 3 is 2.50 bits per heavy atom. The van der Waals surface area contributed by atoms with Crippen LogP contribution in [-0.4, -0.2) is 21.4 Å². The van der Waals surface area contributed by atoms with Crippen molar-refractivity contribution < 1.29 is 14.0 Å². The van der Waals surface area contributed by atoms with E-state index in [2.05, 4.69) is 15.6 Å². The van der Waals surface area contributed by atoms with E-state index in [1.807, 2.05) is 42.0 Å². The summed E-state index contributed by atoms with van der Waals surface area (Å²) in [6.07, 6.45) is 3.69. The number of benzene rings is 2. The number of aryl methyl sites for hydroxylation is 2. The van der Waals surface area contributed by atoms with E-state index in [-0.39, 0.29) is 11.5 Å². The van der Waals surface area contributed by atoms with E-state index in [9.17, 15) is 14.0 Å². The summed E-state index contributed by atoms with van der Waals surface area (Å²) in [6.45, 7) is 4.46. The SMILES string of the molecule is Cc1cc(NC(=O)c2cccc(F)c2)sc1C(=O)Nc1ccc(Cn2ccnc2C)cc1. The minimum absolute atomic E-state index is 0.216. The van der Waals surface area contributed by atoms with Crippen LogP contribution in [0.3, 0.4) is 0 Å². The summed E-state index contributed by atoms with van der Waals surface area (Å²) in [4.78, 5) is 29.8. The molecule has 32 heavy (non-hydrogen) atoms. The Hall–Kier alpha value is -3.78. The first-order chi connectivity index (χ1) is 15.4. The molecule has 0 saturated carbocycles. The topological polar surface area (TPSA) is 76.0 Å². The Labute approximate surface area is 188 Å². The number of nitrogens with zero attached hydrogens (tertiary/aromatic N) is 2. The van der Waals surface area contributed by atoms with Gasteiger partial charge >= 0.3 is 0 Å². The summed E-state index contributed by atoms with van der Waals surface area (Å²) >= 11 is 1.17. The van der Waals surface area contributed by atoms with Gasteiger partial charge in [0.15, 0.2) is 0 Å². The molecule has 4 rings (SSSR count). The molecule has 8 heteroatoms. The van der Waals surface area contributed by atoms with Crippen LogP contribution in [-0.2, 0) is 6.54 Å². The van der Waals surface area contributed by atoms with Crippen LogP contribution in [0.2, 0.25) is 0 Å². The number of halogens is 1. The molecular weight excluding hydrogens is 427 g/mol. The van der Waals surface area contributed by atoms with E-state index in [1.54, 1.807) is 19.2 Å². The van der Waals surface area contributed by atoms with Gasteiger partial charge < -0.3 is 15.2 Å². The van der Waals surface area contributed by atoms with Gasteiger partial charge in [-0.25, -0.2) is 9.37 Å². The van der Waals surface area contributed by atoms with Crippen LogP contribution >= 0.6 is 11.3 Å². The Kier molecular flexibility index (Phi) is 6.13. The fraction of sp³-hybridized carbons (Fsp3) is 0.125. The summed E-state index contributed by atoms with van der Waals surface area (Å²) in [5, 5.41) is 6.14. The molecule has 0 bridgehead atoms. The van der Waals surface area contributed by atoms with Gasteiger partial charge in [-0.3, -0.25) is 9.59 Å². The summed E-state index contributed by atoms with van der Waals surface area (Å²) in [5.74, 6) is -0.222. The zero-order valence-corrected chi connectivity index (χ0v) is 18.4. The Bertz CT molecular complexity index is 1280. The molecular formula is C24H21FN4O2S. The molecule has 4 aromatic rings. The number of anilines is 2. The van der Waals surface area contributed by atoms with Gasteiger partial charge in [0.1, 0.15) is 11.6 Å². The van der Waals surface area contributed by atoms with Crippen molar-refractivity contribution in [3.8, 4) is 0 Å². The molecule has 0 atom stereocenters. The minimum atomic E-state index is -0.480. The molecule has 2 aromatic heterocycles. The van der Waals surface area contributed by atoms with Crippen molar-refractivity contribution in [2.24, 2.45) is 0 Å². The molecule has 2 amide bonds. The number of hydrogen-bond donors (Lipinski definition) is 2. The Balaban J connectivity index is 1.41. The number of aromatic nitrogens is 2. The van der Waals surface area contributed by atoms with E-state index in [0.717, 1.165) is 17.0 Å². The Morgan fingerprint density at radius 2 is 1.81 bits per heavy atom. The monoisotopic (exact) mass is 448 g/mol. The Morgan fingerprint density at radius 1 is 1.03 bits per heavy atom. The maximum Gasteiger partial charge on any atom is 0.266 e. The maximum absolute atomic E-state index is 13.3. The van der Waals surface area contributed by atoms with Crippen LogP contribution in [0.4, 0.5) is 15.1 Å². The first kappa shape index (κ1) is 21.5. The van der Waals surface area contributed by atoms with Gasteiger partial charge in [-0.15, -0.1) is 11.3 Å². The fourth-order valence-electron chi connectivity index (χ4n) is 3.23. The van der Waals surface area contributed by atoms with Crippen molar-refractivity contribution in [1.82, 2.24) is 9.55 Å². The predicted octanol–water partition coefficient (Wildman–Crippen LogP) is 5.25. The van der Waals surface area contributed by atoms with Gasteiger partial charge in [0.2, 0.25) is 0 Å². The molecule has 6 nitrogen and oxygen atoms in total. The van der Waals surface area contributed by atoms with Crippen molar-refractivity contribution in [3.05, 3.63) is 100 Å². The lowest BCUT2D eigenvalue weighted by Crippen LogP contribution is -2.12. The van der Waals surface area contributed by atoms with E-state index in [4.69, 9.17) is 0 Å². The highest BCUT2D eigenvalue weighted by Crippen LogP contribution is 2.28. The highest BCUT2D eigenvalue weighted by molar-refractivity contribution is 7.18. The van der Waals surface area contributed by atoms with Crippen LogP contribution in [0.25, 0.3) is 0 Å². The molecule has 2 N–H and O–H groups in total. The third kappa shape index (κ3) is 4.92. The van der Waals surface area contributed by atoms with Crippen LogP contribution < -0.4 is 10.6 Å². The van der Waals surface area contributed by atoms with Gasteiger partial charge in [-0.05, 0) is 61.4 Å². The molecule has 0 radical (unpaired) electrons. The number of amides is 2. The van der Waals surface area contributed by atoms with Crippen LogP contribution in [0, 0.1) is 19.7 Å².